The first-order valence-corrected chi connectivity index (χ1v) is 6.75. The van der Waals surface area contributed by atoms with Gasteiger partial charge in [-0.2, -0.15) is 0 Å². The van der Waals surface area contributed by atoms with Gasteiger partial charge in [-0.3, -0.25) is 4.79 Å². The fourth-order valence-electron chi connectivity index (χ4n) is 2.30. The van der Waals surface area contributed by atoms with Crippen LogP contribution in [0.25, 0.3) is 0 Å². The van der Waals surface area contributed by atoms with E-state index in [1.807, 2.05) is 18.2 Å². The number of fused-ring (bicyclic) bond motifs is 1. The standard InChI is InChI=1S/C15H21NO2/c1-3-16(4-2)9-7-14(17)12-5-6-15-13(11-12)8-10-18-15/h5-6,11H,3-4,7-10H2,1-2H3. The normalized spacial score (nSPS) is 13.5. The van der Waals surface area contributed by atoms with Crippen LogP contribution in [0.4, 0.5) is 0 Å². The molecule has 0 N–H and O–H groups in total. The number of hydrogen-bond acceptors (Lipinski definition) is 3. The van der Waals surface area contributed by atoms with E-state index in [-0.39, 0.29) is 5.78 Å². The number of ketones is 1. The number of carbonyl (C=O) groups is 1. The molecule has 0 unspecified atom stereocenters. The van der Waals surface area contributed by atoms with Crippen molar-refractivity contribution < 1.29 is 9.53 Å². The lowest BCUT2D eigenvalue weighted by molar-refractivity contribution is 0.0966. The molecule has 18 heavy (non-hydrogen) atoms. The van der Waals surface area contributed by atoms with Gasteiger partial charge < -0.3 is 9.64 Å². The summed E-state index contributed by atoms with van der Waals surface area (Å²) in [5.74, 6) is 1.17. The third kappa shape index (κ3) is 2.91. The fourth-order valence-corrected chi connectivity index (χ4v) is 2.30. The highest BCUT2D eigenvalue weighted by Gasteiger charge is 2.15. The van der Waals surface area contributed by atoms with Crippen molar-refractivity contribution in [3.05, 3.63) is 29.3 Å². The van der Waals surface area contributed by atoms with Gasteiger partial charge in [-0.25, -0.2) is 0 Å². The summed E-state index contributed by atoms with van der Waals surface area (Å²) in [4.78, 5) is 14.4. The van der Waals surface area contributed by atoms with E-state index in [4.69, 9.17) is 4.74 Å². The predicted molar refractivity (Wildman–Crippen MR) is 72.4 cm³/mol. The van der Waals surface area contributed by atoms with Gasteiger partial charge in [-0.1, -0.05) is 13.8 Å². The SMILES string of the molecule is CCN(CC)CCC(=O)c1ccc2c(c1)CCO2. The second-order valence-corrected chi connectivity index (χ2v) is 4.62. The smallest absolute Gasteiger partial charge is 0.164 e. The monoisotopic (exact) mass is 247 g/mol. The first kappa shape index (κ1) is 13.1. The van der Waals surface area contributed by atoms with Crippen LogP contribution in [0, 0.1) is 0 Å². The lowest BCUT2D eigenvalue weighted by Gasteiger charge is -2.17. The molecular weight excluding hydrogens is 226 g/mol. The van der Waals surface area contributed by atoms with Crippen molar-refractivity contribution in [3.63, 3.8) is 0 Å². The third-order valence-corrected chi connectivity index (χ3v) is 3.56. The van der Waals surface area contributed by atoms with Gasteiger partial charge in [-0.15, -0.1) is 0 Å². The summed E-state index contributed by atoms with van der Waals surface area (Å²) in [6.07, 6.45) is 1.52. The zero-order valence-electron chi connectivity index (χ0n) is 11.2. The van der Waals surface area contributed by atoms with Gasteiger partial charge in [0, 0.05) is 24.9 Å². The topological polar surface area (TPSA) is 29.5 Å². The molecule has 1 heterocycles. The molecule has 0 spiro atoms. The summed E-state index contributed by atoms with van der Waals surface area (Å²) in [6, 6.07) is 5.80. The van der Waals surface area contributed by atoms with E-state index >= 15 is 0 Å². The van der Waals surface area contributed by atoms with E-state index < -0.39 is 0 Å². The molecule has 0 radical (unpaired) electrons. The van der Waals surface area contributed by atoms with Crippen LogP contribution in [0.1, 0.15) is 36.2 Å². The van der Waals surface area contributed by atoms with Gasteiger partial charge >= 0.3 is 0 Å². The maximum absolute atomic E-state index is 12.1. The Kier molecular flexibility index (Phi) is 4.37. The van der Waals surface area contributed by atoms with E-state index in [1.54, 1.807) is 0 Å². The lowest BCUT2D eigenvalue weighted by atomic mass is 10.0. The summed E-state index contributed by atoms with van der Waals surface area (Å²) in [6.45, 7) is 7.84. The van der Waals surface area contributed by atoms with Crippen molar-refractivity contribution in [2.24, 2.45) is 0 Å². The molecule has 1 aromatic carbocycles. The molecule has 1 aliphatic heterocycles. The van der Waals surface area contributed by atoms with E-state index in [2.05, 4.69) is 18.7 Å². The Labute approximate surface area is 109 Å². The van der Waals surface area contributed by atoms with Crippen LogP contribution in [0.2, 0.25) is 0 Å². The molecule has 0 saturated heterocycles. The molecule has 0 atom stereocenters. The van der Waals surface area contributed by atoms with E-state index in [0.29, 0.717) is 6.42 Å². The summed E-state index contributed by atoms with van der Waals surface area (Å²) in [7, 11) is 0. The minimum absolute atomic E-state index is 0.233. The van der Waals surface area contributed by atoms with Gasteiger partial charge in [0.2, 0.25) is 0 Å². The van der Waals surface area contributed by atoms with E-state index in [1.165, 1.54) is 5.56 Å². The maximum Gasteiger partial charge on any atom is 0.164 e. The number of carbonyl (C=O) groups excluding carboxylic acids is 1. The Morgan fingerprint density at radius 2 is 2.11 bits per heavy atom. The Morgan fingerprint density at radius 3 is 2.83 bits per heavy atom. The molecule has 2 rings (SSSR count). The fraction of sp³-hybridized carbons (Fsp3) is 0.533. The van der Waals surface area contributed by atoms with Crippen molar-refractivity contribution in [3.8, 4) is 5.75 Å². The van der Waals surface area contributed by atoms with Crippen LogP contribution in [-0.2, 0) is 6.42 Å². The zero-order chi connectivity index (χ0) is 13.0. The molecule has 1 aromatic rings. The summed E-state index contributed by atoms with van der Waals surface area (Å²) < 4.78 is 5.45. The Balaban J connectivity index is 1.97. The number of Topliss-reactive ketones (excluding diaryl/α,β-unsaturated/α-hetero) is 1. The van der Waals surface area contributed by atoms with Gasteiger partial charge in [-0.05, 0) is 36.9 Å². The highest BCUT2D eigenvalue weighted by molar-refractivity contribution is 5.96. The molecule has 0 amide bonds. The number of hydrogen-bond donors (Lipinski definition) is 0. The molecule has 0 aromatic heterocycles. The maximum atomic E-state index is 12.1. The van der Waals surface area contributed by atoms with Gasteiger partial charge in [0.15, 0.2) is 5.78 Å². The third-order valence-electron chi connectivity index (χ3n) is 3.56. The van der Waals surface area contributed by atoms with Crippen LogP contribution >= 0.6 is 0 Å². The highest BCUT2D eigenvalue weighted by atomic mass is 16.5. The van der Waals surface area contributed by atoms with Crippen LogP contribution < -0.4 is 4.74 Å². The second-order valence-electron chi connectivity index (χ2n) is 4.62. The van der Waals surface area contributed by atoms with Crippen molar-refractivity contribution in [2.75, 3.05) is 26.2 Å². The van der Waals surface area contributed by atoms with Crippen LogP contribution in [0.5, 0.6) is 5.75 Å². The molecular formula is C15H21NO2. The van der Waals surface area contributed by atoms with Gasteiger partial charge in [0.1, 0.15) is 5.75 Å². The quantitative estimate of drug-likeness (QED) is 0.723. The van der Waals surface area contributed by atoms with Gasteiger partial charge in [0.05, 0.1) is 6.61 Å². The minimum atomic E-state index is 0.233. The number of nitrogens with zero attached hydrogens (tertiary/aromatic N) is 1. The van der Waals surface area contributed by atoms with Crippen molar-refractivity contribution in [2.45, 2.75) is 26.7 Å². The molecule has 3 nitrogen and oxygen atoms in total. The molecule has 3 heteroatoms. The minimum Gasteiger partial charge on any atom is -0.493 e. The Hall–Kier alpha value is -1.35. The Morgan fingerprint density at radius 1 is 1.33 bits per heavy atom. The van der Waals surface area contributed by atoms with Crippen molar-refractivity contribution in [1.29, 1.82) is 0 Å². The van der Waals surface area contributed by atoms with Crippen LogP contribution in [0.3, 0.4) is 0 Å². The van der Waals surface area contributed by atoms with Crippen molar-refractivity contribution in [1.82, 2.24) is 4.90 Å². The first-order valence-electron chi connectivity index (χ1n) is 6.75. The zero-order valence-corrected chi connectivity index (χ0v) is 11.2. The largest absolute Gasteiger partial charge is 0.493 e. The number of rotatable bonds is 6. The summed E-state index contributed by atoms with van der Waals surface area (Å²) in [5, 5.41) is 0. The molecule has 0 aliphatic carbocycles. The van der Waals surface area contributed by atoms with E-state index in [0.717, 1.165) is 44.0 Å². The average Bonchev–Trinajstić information content (AvgIpc) is 2.86. The number of benzene rings is 1. The molecule has 0 bridgehead atoms. The lowest BCUT2D eigenvalue weighted by Crippen LogP contribution is -2.25. The van der Waals surface area contributed by atoms with Crippen LogP contribution in [0.15, 0.2) is 18.2 Å². The summed E-state index contributed by atoms with van der Waals surface area (Å²) in [5.41, 5.74) is 2.00. The van der Waals surface area contributed by atoms with E-state index in [9.17, 15) is 4.79 Å². The molecule has 0 fully saturated rings. The average molecular weight is 247 g/mol. The first-order chi connectivity index (χ1) is 8.74. The van der Waals surface area contributed by atoms with Crippen LogP contribution in [-0.4, -0.2) is 36.9 Å². The molecule has 1 aliphatic rings. The highest BCUT2D eigenvalue weighted by Crippen LogP contribution is 2.26. The molecule has 0 saturated carbocycles. The van der Waals surface area contributed by atoms with Gasteiger partial charge in [0.25, 0.3) is 0 Å². The molecule has 98 valence electrons. The predicted octanol–water partition coefficient (Wildman–Crippen LogP) is 2.54. The Bertz CT molecular complexity index is 425. The second kappa shape index (κ2) is 6.01. The summed E-state index contributed by atoms with van der Waals surface area (Å²) >= 11 is 0. The van der Waals surface area contributed by atoms with Crippen molar-refractivity contribution >= 4 is 5.78 Å². The number of ether oxygens (including phenoxy) is 1.